The monoisotopic (exact) mass is 385 g/mol. The molecule has 1 fully saturated rings. The topological polar surface area (TPSA) is 76.8 Å². The number of ether oxygens (including phenoxy) is 2. The smallest absolute Gasteiger partial charge is 0.223 e. The van der Waals surface area contributed by atoms with Crippen molar-refractivity contribution in [2.45, 2.75) is 32.1 Å². The molecule has 0 spiro atoms. The molecule has 0 unspecified atom stereocenters. The Morgan fingerprint density at radius 1 is 1.14 bits per heavy atom. The molecule has 0 heterocycles. The maximum Gasteiger partial charge on any atom is 0.223 e. The molecule has 28 heavy (non-hydrogen) atoms. The molecule has 0 aromatic heterocycles. The fourth-order valence-electron chi connectivity index (χ4n) is 3.91. The highest BCUT2D eigenvalue weighted by molar-refractivity contribution is 5.98. The van der Waals surface area contributed by atoms with Crippen molar-refractivity contribution in [2.24, 2.45) is 5.92 Å². The van der Waals surface area contributed by atoms with E-state index >= 15 is 0 Å². The summed E-state index contributed by atoms with van der Waals surface area (Å²) in [5.74, 6) is 1.80. The van der Waals surface area contributed by atoms with Crippen LogP contribution in [0.25, 0.3) is 10.8 Å². The number of nitrogens with zero attached hydrogens (tertiary/aromatic N) is 1. The van der Waals surface area contributed by atoms with Gasteiger partial charge in [-0.25, -0.2) is 0 Å². The molecule has 0 aliphatic heterocycles. The third-order valence-electron chi connectivity index (χ3n) is 5.61. The van der Waals surface area contributed by atoms with Crippen molar-refractivity contribution in [3.8, 4) is 11.5 Å². The zero-order valence-corrected chi connectivity index (χ0v) is 17.1. The second kappa shape index (κ2) is 9.04. The summed E-state index contributed by atoms with van der Waals surface area (Å²) in [6.45, 7) is 1.54. The van der Waals surface area contributed by atoms with E-state index in [9.17, 15) is 4.79 Å². The van der Waals surface area contributed by atoms with Gasteiger partial charge < -0.3 is 25.4 Å². The van der Waals surface area contributed by atoms with Gasteiger partial charge in [-0.05, 0) is 48.9 Å². The van der Waals surface area contributed by atoms with Crippen LogP contribution in [0.4, 0.5) is 11.4 Å². The Hall–Kier alpha value is -2.63. The SMILES string of the molecule is COc1cc2cc(N(C)CCCNC(=O)C3CCCC3)cc(N)c2cc1OC. The predicted molar refractivity (Wildman–Crippen MR) is 114 cm³/mol. The van der Waals surface area contributed by atoms with Gasteiger partial charge in [-0.15, -0.1) is 0 Å². The number of carbonyl (C=O) groups is 1. The van der Waals surface area contributed by atoms with Gasteiger partial charge in [0.1, 0.15) is 0 Å². The molecule has 152 valence electrons. The lowest BCUT2D eigenvalue weighted by Gasteiger charge is -2.21. The average molecular weight is 386 g/mol. The summed E-state index contributed by atoms with van der Waals surface area (Å²) in [6.07, 6.45) is 5.33. The van der Waals surface area contributed by atoms with Crippen molar-refractivity contribution in [3.63, 3.8) is 0 Å². The van der Waals surface area contributed by atoms with Crippen LogP contribution in [0.15, 0.2) is 24.3 Å². The van der Waals surface area contributed by atoms with Gasteiger partial charge in [0.2, 0.25) is 5.91 Å². The molecule has 0 bridgehead atoms. The van der Waals surface area contributed by atoms with Gasteiger partial charge in [0.05, 0.1) is 14.2 Å². The first-order valence-corrected chi connectivity index (χ1v) is 9.97. The summed E-state index contributed by atoms with van der Waals surface area (Å²) in [5.41, 5.74) is 8.04. The van der Waals surface area contributed by atoms with Crippen LogP contribution in [0.1, 0.15) is 32.1 Å². The first kappa shape index (κ1) is 20.1. The molecule has 1 aliphatic rings. The number of nitrogen functional groups attached to an aromatic ring is 1. The summed E-state index contributed by atoms with van der Waals surface area (Å²) in [7, 11) is 5.29. The third-order valence-corrected chi connectivity index (χ3v) is 5.61. The van der Waals surface area contributed by atoms with Gasteiger partial charge >= 0.3 is 0 Å². The fraction of sp³-hybridized carbons (Fsp3) is 0.500. The van der Waals surface area contributed by atoms with E-state index in [1.165, 1.54) is 12.8 Å². The van der Waals surface area contributed by atoms with Crippen LogP contribution < -0.4 is 25.4 Å². The Morgan fingerprint density at radius 3 is 2.50 bits per heavy atom. The number of methoxy groups -OCH3 is 2. The molecule has 1 amide bonds. The minimum absolute atomic E-state index is 0.219. The first-order valence-electron chi connectivity index (χ1n) is 9.97. The number of hydrogen-bond donors (Lipinski definition) is 2. The van der Waals surface area contributed by atoms with E-state index in [1.54, 1.807) is 14.2 Å². The van der Waals surface area contributed by atoms with Gasteiger partial charge in [-0.1, -0.05) is 12.8 Å². The predicted octanol–water partition coefficient (Wildman–Crippen LogP) is 3.57. The first-order chi connectivity index (χ1) is 13.5. The maximum absolute atomic E-state index is 12.1. The van der Waals surface area contributed by atoms with Gasteiger partial charge in [0, 0.05) is 42.8 Å². The van der Waals surface area contributed by atoms with Crippen LogP contribution in [0.5, 0.6) is 11.5 Å². The molecule has 1 aliphatic carbocycles. The zero-order chi connectivity index (χ0) is 20.1. The lowest BCUT2D eigenvalue weighted by molar-refractivity contribution is -0.124. The number of fused-ring (bicyclic) bond motifs is 1. The summed E-state index contributed by atoms with van der Waals surface area (Å²) >= 11 is 0. The van der Waals surface area contributed by atoms with Crippen LogP contribution >= 0.6 is 0 Å². The second-order valence-electron chi connectivity index (χ2n) is 7.51. The van der Waals surface area contributed by atoms with Crippen molar-refractivity contribution in [1.29, 1.82) is 0 Å². The molecule has 2 aromatic rings. The number of benzene rings is 2. The molecule has 2 aromatic carbocycles. The highest BCUT2D eigenvalue weighted by Gasteiger charge is 2.21. The Labute approximate surface area is 167 Å². The minimum atomic E-state index is 0.219. The Morgan fingerprint density at radius 2 is 1.82 bits per heavy atom. The van der Waals surface area contributed by atoms with Crippen LogP contribution in [0.2, 0.25) is 0 Å². The van der Waals surface area contributed by atoms with E-state index < -0.39 is 0 Å². The Bertz CT molecular complexity index is 831. The van der Waals surface area contributed by atoms with Crippen LogP contribution in [-0.4, -0.2) is 40.3 Å². The summed E-state index contributed by atoms with van der Waals surface area (Å²) in [6, 6.07) is 7.94. The maximum atomic E-state index is 12.1. The van der Waals surface area contributed by atoms with E-state index in [2.05, 4.69) is 16.3 Å². The Balaban J connectivity index is 1.62. The quantitative estimate of drug-likeness (QED) is 0.537. The number of anilines is 2. The average Bonchev–Trinajstić information content (AvgIpc) is 3.24. The third kappa shape index (κ3) is 4.43. The highest BCUT2D eigenvalue weighted by atomic mass is 16.5. The van der Waals surface area contributed by atoms with Crippen molar-refractivity contribution >= 4 is 28.1 Å². The number of nitrogens with two attached hydrogens (primary N) is 1. The Kier molecular flexibility index (Phi) is 6.49. The van der Waals surface area contributed by atoms with Gasteiger partial charge in [0.25, 0.3) is 0 Å². The molecule has 0 saturated heterocycles. The number of carbonyl (C=O) groups excluding carboxylic acids is 1. The van der Waals surface area contributed by atoms with Crippen molar-refractivity contribution < 1.29 is 14.3 Å². The molecule has 0 atom stereocenters. The van der Waals surface area contributed by atoms with Crippen LogP contribution in [0.3, 0.4) is 0 Å². The van der Waals surface area contributed by atoms with E-state index in [4.69, 9.17) is 15.2 Å². The van der Waals surface area contributed by atoms with Crippen molar-refractivity contribution in [1.82, 2.24) is 5.32 Å². The van der Waals surface area contributed by atoms with Crippen molar-refractivity contribution in [2.75, 3.05) is 45.0 Å². The molecule has 3 N–H and O–H groups in total. The molecule has 0 radical (unpaired) electrons. The summed E-state index contributed by atoms with van der Waals surface area (Å²) in [4.78, 5) is 14.3. The normalized spacial score (nSPS) is 14.2. The van der Waals surface area contributed by atoms with Crippen molar-refractivity contribution in [3.05, 3.63) is 24.3 Å². The molecule has 6 heteroatoms. The van der Waals surface area contributed by atoms with E-state index in [-0.39, 0.29) is 11.8 Å². The lowest BCUT2D eigenvalue weighted by atomic mass is 10.1. The largest absolute Gasteiger partial charge is 0.493 e. The molecule has 1 saturated carbocycles. The zero-order valence-electron chi connectivity index (χ0n) is 17.1. The van der Waals surface area contributed by atoms with Gasteiger partial charge in [-0.3, -0.25) is 4.79 Å². The van der Waals surface area contributed by atoms with Gasteiger partial charge in [0.15, 0.2) is 11.5 Å². The summed E-state index contributed by atoms with van der Waals surface area (Å²) in [5, 5.41) is 5.03. The molecule has 6 nitrogen and oxygen atoms in total. The molecule has 3 rings (SSSR count). The van der Waals surface area contributed by atoms with Gasteiger partial charge in [-0.2, -0.15) is 0 Å². The number of amides is 1. The second-order valence-corrected chi connectivity index (χ2v) is 7.51. The number of hydrogen-bond acceptors (Lipinski definition) is 5. The highest BCUT2D eigenvalue weighted by Crippen LogP contribution is 2.36. The van der Waals surface area contributed by atoms with E-state index in [1.807, 2.05) is 25.2 Å². The number of rotatable bonds is 8. The minimum Gasteiger partial charge on any atom is -0.493 e. The molecular formula is C22H31N3O3. The standard InChI is InChI=1S/C22H31N3O3/c1-25(10-6-9-24-22(26)15-7-4-5-8-15)17-11-16-12-20(27-2)21(28-3)14-18(16)19(23)13-17/h11-15H,4-10,23H2,1-3H3,(H,24,26). The number of nitrogens with one attached hydrogen (secondary N) is 1. The van der Waals surface area contributed by atoms with Crippen LogP contribution in [0, 0.1) is 5.92 Å². The van der Waals surface area contributed by atoms with E-state index in [0.717, 1.165) is 42.3 Å². The molecular weight excluding hydrogens is 354 g/mol. The fourth-order valence-corrected chi connectivity index (χ4v) is 3.91. The van der Waals surface area contributed by atoms with Crippen LogP contribution in [-0.2, 0) is 4.79 Å². The van der Waals surface area contributed by atoms with E-state index in [0.29, 0.717) is 23.7 Å². The summed E-state index contributed by atoms with van der Waals surface area (Å²) < 4.78 is 10.8. The lowest BCUT2D eigenvalue weighted by Crippen LogP contribution is -2.32.